The average Bonchev–Trinajstić information content (AvgIpc) is 3.03. The van der Waals surface area contributed by atoms with Crippen molar-refractivity contribution in [1.82, 2.24) is 14.5 Å². The molecule has 0 spiro atoms. The lowest BCUT2D eigenvalue weighted by molar-refractivity contribution is 0.0729. The molecule has 3 aromatic rings. The van der Waals surface area contributed by atoms with Crippen molar-refractivity contribution in [2.45, 2.75) is 46.2 Å². The number of fused-ring (bicyclic) bond motifs is 1. The molecule has 0 bridgehead atoms. The van der Waals surface area contributed by atoms with E-state index < -0.39 is 17.5 Å². The minimum Gasteiger partial charge on any atom is -0.331 e. The van der Waals surface area contributed by atoms with Crippen molar-refractivity contribution in [3.8, 4) is 0 Å². The summed E-state index contributed by atoms with van der Waals surface area (Å²) in [5.74, 6) is -1.99. The molecule has 0 unspecified atom stereocenters. The number of unbranched alkanes of at least 4 members (excludes halogenated alkanes) is 1. The third-order valence-corrected chi connectivity index (χ3v) is 5.05. The first-order valence-corrected chi connectivity index (χ1v) is 10.2. The Bertz CT molecular complexity index is 1020. The molecule has 0 aliphatic heterocycles. The molecule has 2 aromatic carbocycles. The Balaban J connectivity index is 1.99. The van der Waals surface area contributed by atoms with E-state index in [1.165, 1.54) is 17.0 Å². The van der Waals surface area contributed by atoms with E-state index in [0.29, 0.717) is 17.4 Å². The molecule has 0 radical (unpaired) electrons. The number of halogens is 3. The number of imidazole rings is 1. The van der Waals surface area contributed by atoms with E-state index in [2.05, 4.69) is 11.9 Å². The van der Waals surface area contributed by atoms with Crippen LogP contribution in [0, 0.1) is 11.6 Å². The summed E-state index contributed by atoms with van der Waals surface area (Å²) in [7, 11) is 0. The molecule has 1 amide bonds. The van der Waals surface area contributed by atoms with Gasteiger partial charge in [0.2, 0.25) is 0 Å². The van der Waals surface area contributed by atoms with E-state index in [1.54, 1.807) is 6.07 Å². The van der Waals surface area contributed by atoms with Gasteiger partial charge in [0, 0.05) is 18.1 Å². The second kappa shape index (κ2) is 9.35. The van der Waals surface area contributed by atoms with E-state index in [-0.39, 0.29) is 12.1 Å². The molecular formula is C22H24ClF2N3O. The minimum atomic E-state index is -1.12. The first-order valence-electron chi connectivity index (χ1n) is 9.84. The highest BCUT2D eigenvalue weighted by Gasteiger charge is 2.23. The predicted octanol–water partition coefficient (Wildman–Crippen LogP) is 5.82. The first-order chi connectivity index (χ1) is 14.0. The van der Waals surface area contributed by atoms with Crippen LogP contribution in [0.1, 0.15) is 49.3 Å². The van der Waals surface area contributed by atoms with Crippen LogP contribution in [0.4, 0.5) is 8.78 Å². The second-order valence-corrected chi connectivity index (χ2v) is 7.43. The Morgan fingerprint density at radius 3 is 2.69 bits per heavy atom. The number of nitrogens with zero attached hydrogens (tertiary/aromatic N) is 3. The number of rotatable bonds is 8. The molecule has 4 nitrogen and oxygen atoms in total. The third-order valence-electron chi connectivity index (χ3n) is 4.82. The van der Waals surface area contributed by atoms with Crippen molar-refractivity contribution in [2.75, 3.05) is 6.54 Å². The van der Waals surface area contributed by atoms with E-state index in [1.807, 2.05) is 23.6 Å². The number of benzene rings is 2. The molecule has 1 aromatic heterocycles. The van der Waals surface area contributed by atoms with Crippen LogP contribution in [0.5, 0.6) is 0 Å². The number of carbonyl (C=O) groups excluding carboxylic acids is 1. The van der Waals surface area contributed by atoms with Gasteiger partial charge in [-0.15, -0.1) is 0 Å². The summed E-state index contributed by atoms with van der Waals surface area (Å²) in [5, 5.41) is 0.613. The maximum Gasteiger partial charge on any atom is 0.257 e. The van der Waals surface area contributed by atoms with Gasteiger partial charge in [0.25, 0.3) is 5.91 Å². The van der Waals surface area contributed by atoms with E-state index in [4.69, 9.17) is 11.6 Å². The summed E-state index contributed by atoms with van der Waals surface area (Å²) in [6, 6.07) is 9.14. The summed E-state index contributed by atoms with van der Waals surface area (Å²) < 4.78 is 29.9. The third kappa shape index (κ3) is 4.58. The Morgan fingerprint density at radius 2 is 1.97 bits per heavy atom. The molecule has 0 saturated heterocycles. The minimum absolute atomic E-state index is 0.209. The van der Waals surface area contributed by atoms with Crippen molar-refractivity contribution < 1.29 is 13.6 Å². The first kappa shape index (κ1) is 21.2. The van der Waals surface area contributed by atoms with Crippen LogP contribution in [-0.2, 0) is 13.1 Å². The van der Waals surface area contributed by atoms with Crippen LogP contribution in [0.25, 0.3) is 11.0 Å². The molecule has 0 fully saturated rings. The molecule has 1 heterocycles. The van der Waals surface area contributed by atoms with E-state index in [0.717, 1.165) is 42.9 Å². The average molecular weight is 420 g/mol. The lowest BCUT2D eigenvalue weighted by Crippen LogP contribution is -2.33. The molecule has 0 N–H and O–H groups in total. The van der Waals surface area contributed by atoms with Gasteiger partial charge in [-0.05, 0) is 43.2 Å². The standard InChI is InChI=1S/C22H24ClF2N3O/c1-3-5-12-27(22(29)16-7-6-8-17(24)21(16)25)14-20-26-18-10-9-15(23)13-19(18)28(20)11-4-2/h6-10,13H,3-5,11-12,14H2,1-2H3. The molecule has 3 rings (SSSR count). The summed E-state index contributed by atoms with van der Waals surface area (Å²) >= 11 is 6.15. The van der Waals surface area contributed by atoms with Crippen LogP contribution in [-0.4, -0.2) is 26.9 Å². The van der Waals surface area contributed by atoms with E-state index >= 15 is 0 Å². The van der Waals surface area contributed by atoms with Crippen LogP contribution in [0.15, 0.2) is 36.4 Å². The summed E-state index contributed by atoms with van der Waals surface area (Å²) in [6.45, 7) is 5.43. The summed E-state index contributed by atoms with van der Waals surface area (Å²) in [5.41, 5.74) is 1.43. The lowest BCUT2D eigenvalue weighted by Gasteiger charge is -2.23. The summed E-state index contributed by atoms with van der Waals surface area (Å²) in [4.78, 5) is 19.2. The fourth-order valence-electron chi connectivity index (χ4n) is 3.35. The molecule has 0 saturated carbocycles. The number of hydrogen-bond donors (Lipinski definition) is 0. The highest BCUT2D eigenvalue weighted by molar-refractivity contribution is 6.31. The number of aryl methyl sites for hydroxylation is 1. The molecule has 0 aliphatic carbocycles. The SMILES string of the molecule is CCCCN(Cc1nc2ccc(Cl)cc2n1CCC)C(=O)c1cccc(F)c1F. The van der Waals surface area contributed by atoms with Crippen molar-refractivity contribution >= 4 is 28.5 Å². The maximum atomic E-state index is 14.2. The molecule has 154 valence electrons. The Kier molecular flexibility index (Phi) is 6.85. The number of aromatic nitrogens is 2. The number of carbonyl (C=O) groups is 1. The number of amides is 1. The predicted molar refractivity (Wildman–Crippen MR) is 111 cm³/mol. The normalized spacial score (nSPS) is 11.2. The molecule has 0 atom stereocenters. The van der Waals surface area contributed by atoms with Gasteiger partial charge in [0.1, 0.15) is 5.82 Å². The van der Waals surface area contributed by atoms with Gasteiger partial charge in [0.05, 0.1) is 23.1 Å². The Morgan fingerprint density at radius 1 is 1.17 bits per heavy atom. The van der Waals surface area contributed by atoms with Gasteiger partial charge < -0.3 is 9.47 Å². The fourth-order valence-corrected chi connectivity index (χ4v) is 3.52. The summed E-state index contributed by atoms with van der Waals surface area (Å²) in [6.07, 6.45) is 2.51. The van der Waals surface area contributed by atoms with Crippen molar-refractivity contribution in [3.05, 3.63) is 64.4 Å². The largest absolute Gasteiger partial charge is 0.331 e. The van der Waals surface area contributed by atoms with E-state index in [9.17, 15) is 13.6 Å². The fraction of sp³-hybridized carbons (Fsp3) is 0.364. The van der Waals surface area contributed by atoms with Gasteiger partial charge in [-0.25, -0.2) is 13.8 Å². The van der Waals surface area contributed by atoms with Gasteiger partial charge in [0.15, 0.2) is 11.6 Å². The van der Waals surface area contributed by atoms with Gasteiger partial charge in [-0.3, -0.25) is 4.79 Å². The van der Waals surface area contributed by atoms with Crippen molar-refractivity contribution in [3.63, 3.8) is 0 Å². The van der Waals surface area contributed by atoms with Crippen LogP contribution in [0.2, 0.25) is 5.02 Å². The molecule has 29 heavy (non-hydrogen) atoms. The topological polar surface area (TPSA) is 38.1 Å². The quantitative estimate of drug-likeness (QED) is 0.461. The zero-order valence-electron chi connectivity index (χ0n) is 16.6. The second-order valence-electron chi connectivity index (χ2n) is 6.99. The Hall–Kier alpha value is -2.47. The lowest BCUT2D eigenvalue weighted by atomic mass is 10.1. The highest BCUT2D eigenvalue weighted by atomic mass is 35.5. The highest BCUT2D eigenvalue weighted by Crippen LogP contribution is 2.23. The zero-order chi connectivity index (χ0) is 21.0. The monoisotopic (exact) mass is 419 g/mol. The van der Waals surface area contributed by atoms with Crippen LogP contribution in [0.3, 0.4) is 0 Å². The molecule has 0 aliphatic rings. The zero-order valence-corrected chi connectivity index (χ0v) is 17.3. The molecule has 7 heteroatoms. The van der Waals surface area contributed by atoms with Gasteiger partial charge in [-0.2, -0.15) is 0 Å². The van der Waals surface area contributed by atoms with Gasteiger partial charge >= 0.3 is 0 Å². The number of hydrogen-bond acceptors (Lipinski definition) is 2. The maximum absolute atomic E-state index is 14.2. The van der Waals surface area contributed by atoms with Gasteiger partial charge in [-0.1, -0.05) is 37.9 Å². The van der Waals surface area contributed by atoms with Crippen molar-refractivity contribution in [2.24, 2.45) is 0 Å². The van der Waals surface area contributed by atoms with Crippen LogP contribution >= 0.6 is 11.6 Å². The smallest absolute Gasteiger partial charge is 0.257 e. The van der Waals surface area contributed by atoms with Crippen LogP contribution < -0.4 is 0 Å². The van der Waals surface area contributed by atoms with Crippen molar-refractivity contribution in [1.29, 1.82) is 0 Å². The molecular weight excluding hydrogens is 396 g/mol. The Labute approximate surface area is 174 Å².